The molecule has 1 aliphatic heterocycles. The second kappa shape index (κ2) is 6.46. The molecule has 2 amide bonds. The number of aromatic nitrogens is 3. The lowest BCUT2D eigenvalue weighted by Gasteiger charge is -2.26. The Bertz CT molecular complexity index is 655. The molecular weight excluding hydrogens is 282 g/mol. The minimum Gasteiger partial charge on any atom is -0.493 e. The number of carbonyl (C=O) groups excluding carboxylic acids is 1. The molecule has 0 aliphatic carbocycles. The van der Waals surface area contributed by atoms with E-state index in [0.717, 1.165) is 30.1 Å². The molecule has 0 spiro atoms. The van der Waals surface area contributed by atoms with Gasteiger partial charge in [0.25, 0.3) is 0 Å². The first-order valence-corrected chi connectivity index (χ1v) is 7.40. The first-order valence-electron chi connectivity index (χ1n) is 7.40. The third kappa shape index (κ3) is 3.03. The number of ether oxygens (including phenoxy) is 1. The number of rotatable bonds is 4. The summed E-state index contributed by atoms with van der Waals surface area (Å²) in [6, 6.07) is 7.53. The SMILES string of the molecule is CCn1cnnc1CNC(=O)N[C@@H]1CCOc2ccccc21. The van der Waals surface area contributed by atoms with E-state index in [1.807, 2.05) is 35.8 Å². The first kappa shape index (κ1) is 14.4. The van der Waals surface area contributed by atoms with Gasteiger partial charge in [-0.05, 0) is 13.0 Å². The molecule has 0 radical (unpaired) electrons. The van der Waals surface area contributed by atoms with Gasteiger partial charge in [0, 0.05) is 18.5 Å². The van der Waals surface area contributed by atoms with Crippen LogP contribution in [0.3, 0.4) is 0 Å². The van der Waals surface area contributed by atoms with Gasteiger partial charge in [-0.15, -0.1) is 10.2 Å². The van der Waals surface area contributed by atoms with Crippen molar-refractivity contribution >= 4 is 6.03 Å². The fourth-order valence-corrected chi connectivity index (χ4v) is 2.54. The number of hydrogen-bond acceptors (Lipinski definition) is 4. The monoisotopic (exact) mass is 301 g/mol. The van der Waals surface area contributed by atoms with E-state index in [2.05, 4.69) is 20.8 Å². The molecule has 2 aromatic rings. The zero-order chi connectivity index (χ0) is 15.4. The number of amides is 2. The summed E-state index contributed by atoms with van der Waals surface area (Å²) >= 11 is 0. The van der Waals surface area contributed by atoms with Crippen LogP contribution in [0.15, 0.2) is 30.6 Å². The molecular formula is C15H19N5O2. The molecule has 1 aromatic heterocycles. The molecule has 1 aliphatic rings. The van der Waals surface area contributed by atoms with Crippen LogP contribution < -0.4 is 15.4 Å². The summed E-state index contributed by atoms with van der Waals surface area (Å²) in [5, 5.41) is 13.6. The summed E-state index contributed by atoms with van der Waals surface area (Å²) in [6.07, 6.45) is 2.42. The molecule has 0 fully saturated rings. The van der Waals surface area contributed by atoms with E-state index in [4.69, 9.17) is 4.74 Å². The van der Waals surface area contributed by atoms with Crippen molar-refractivity contribution in [3.8, 4) is 5.75 Å². The van der Waals surface area contributed by atoms with Crippen molar-refractivity contribution < 1.29 is 9.53 Å². The average Bonchev–Trinajstić information content (AvgIpc) is 3.01. The van der Waals surface area contributed by atoms with E-state index in [9.17, 15) is 4.79 Å². The minimum atomic E-state index is -0.215. The summed E-state index contributed by atoms with van der Waals surface area (Å²) < 4.78 is 7.48. The maximum absolute atomic E-state index is 12.1. The van der Waals surface area contributed by atoms with E-state index in [-0.39, 0.29) is 12.1 Å². The molecule has 3 rings (SSSR count). The number of carbonyl (C=O) groups is 1. The summed E-state index contributed by atoms with van der Waals surface area (Å²) in [5.41, 5.74) is 1.01. The maximum atomic E-state index is 12.1. The van der Waals surface area contributed by atoms with Gasteiger partial charge in [-0.3, -0.25) is 0 Å². The minimum absolute atomic E-state index is 0.0333. The van der Waals surface area contributed by atoms with E-state index in [0.29, 0.717) is 13.2 Å². The van der Waals surface area contributed by atoms with Crippen LogP contribution in [0.2, 0.25) is 0 Å². The molecule has 116 valence electrons. The second-order valence-electron chi connectivity index (χ2n) is 5.09. The predicted octanol–water partition coefficient (Wildman–Crippen LogP) is 1.62. The van der Waals surface area contributed by atoms with Crippen LogP contribution in [0.25, 0.3) is 0 Å². The smallest absolute Gasteiger partial charge is 0.315 e. The number of urea groups is 1. The molecule has 0 saturated heterocycles. The zero-order valence-corrected chi connectivity index (χ0v) is 12.5. The third-order valence-corrected chi connectivity index (χ3v) is 3.71. The van der Waals surface area contributed by atoms with E-state index in [1.165, 1.54) is 0 Å². The van der Waals surface area contributed by atoms with Gasteiger partial charge in [0.1, 0.15) is 12.1 Å². The molecule has 1 aromatic carbocycles. The van der Waals surface area contributed by atoms with Crippen molar-refractivity contribution in [2.24, 2.45) is 0 Å². The van der Waals surface area contributed by atoms with Gasteiger partial charge in [0.15, 0.2) is 5.82 Å². The predicted molar refractivity (Wildman–Crippen MR) is 80.4 cm³/mol. The van der Waals surface area contributed by atoms with Crippen molar-refractivity contribution in [1.29, 1.82) is 0 Å². The Morgan fingerprint density at radius 2 is 2.32 bits per heavy atom. The van der Waals surface area contributed by atoms with Crippen LogP contribution >= 0.6 is 0 Å². The fraction of sp³-hybridized carbons (Fsp3) is 0.400. The topological polar surface area (TPSA) is 81.1 Å². The zero-order valence-electron chi connectivity index (χ0n) is 12.5. The van der Waals surface area contributed by atoms with Gasteiger partial charge in [0.05, 0.1) is 19.2 Å². The van der Waals surface area contributed by atoms with E-state index in [1.54, 1.807) is 6.33 Å². The molecule has 1 atom stereocenters. The molecule has 0 saturated carbocycles. The Morgan fingerprint density at radius 3 is 3.18 bits per heavy atom. The highest BCUT2D eigenvalue weighted by Crippen LogP contribution is 2.31. The van der Waals surface area contributed by atoms with Crippen molar-refractivity contribution in [2.75, 3.05) is 6.61 Å². The Hall–Kier alpha value is -2.57. The highest BCUT2D eigenvalue weighted by atomic mass is 16.5. The van der Waals surface area contributed by atoms with Crippen molar-refractivity contribution in [1.82, 2.24) is 25.4 Å². The second-order valence-corrected chi connectivity index (χ2v) is 5.09. The lowest BCUT2D eigenvalue weighted by Crippen LogP contribution is -2.39. The van der Waals surface area contributed by atoms with Gasteiger partial charge in [0.2, 0.25) is 0 Å². The van der Waals surface area contributed by atoms with Crippen molar-refractivity contribution in [2.45, 2.75) is 32.5 Å². The maximum Gasteiger partial charge on any atom is 0.315 e. The largest absolute Gasteiger partial charge is 0.493 e. The summed E-state index contributed by atoms with van der Waals surface area (Å²) in [4.78, 5) is 12.1. The van der Waals surface area contributed by atoms with Gasteiger partial charge >= 0.3 is 6.03 Å². The number of nitrogens with zero attached hydrogens (tertiary/aromatic N) is 3. The van der Waals surface area contributed by atoms with Gasteiger partial charge in [-0.25, -0.2) is 4.79 Å². The molecule has 7 nitrogen and oxygen atoms in total. The molecule has 2 N–H and O–H groups in total. The van der Waals surface area contributed by atoms with Gasteiger partial charge in [-0.1, -0.05) is 18.2 Å². The molecule has 7 heteroatoms. The summed E-state index contributed by atoms with van der Waals surface area (Å²) in [6.45, 7) is 3.74. The highest BCUT2D eigenvalue weighted by molar-refractivity contribution is 5.74. The number of benzene rings is 1. The lowest BCUT2D eigenvalue weighted by molar-refractivity contribution is 0.223. The third-order valence-electron chi connectivity index (χ3n) is 3.71. The van der Waals surface area contributed by atoms with Crippen LogP contribution in [-0.2, 0) is 13.1 Å². The van der Waals surface area contributed by atoms with Crippen LogP contribution in [0.4, 0.5) is 4.79 Å². The van der Waals surface area contributed by atoms with Crippen LogP contribution in [0, 0.1) is 0 Å². The lowest BCUT2D eigenvalue weighted by atomic mass is 10.0. The van der Waals surface area contributed by atoms with Crippen LogP contribution in [0.5, 0.6) is 5.75 Å². The summed E-state index contributed by atoms with van der Waals surface area (Å²) in [7, 11) is 0. The van der Waals surface area contributed by atoms with Crippen LogP contribution in [0.1, 0.15) is 30.8 Å². The van der Waals surface area contributed by atoms with Crippen LogP contribution in [-0.4, -0.2) is 27.4 Å². The average molecular weight is 301 g/mol. The Labute approximate surface area is 128 Å². The Balaban J connectivity index is 1.59. The van der Waals surface area contributed by atoms with Gasteiger partial charge in [-0.2, -0.15) is 0 Å². The first-order chi connectivity index (χ1) is 10.8. The highest BCUT2D eigenvalue weighted by Gasteiger charge is 2.22. The normalized spacial score (nSPS) is 16.5. The Morgan fingerprint density at radius 1 is 1.45 bits per heavy atom. The molecule has 22 heavy (non-hydrogen) atoms. The van der Waals surface area contributed by atoms with Gasteiger partial charge < -0.3 is 19.9 Å². The van der Waals surface area contributed by atoms with E-state index >= 15 is 0 Å². The standard InChI is InChI=1S/C15H19N5O2/c1-2-20-10-17-19-14(20)9-16-15(21)18-12-7-8-22-13-6-4-3-5-11(12)13/h3-6,10,12H,2,7-9H2,1H3,(H2,16,18,21)/t12-/m1/s1. The fourth-order valence-electron chi connectivity index (χ4n) is 2.54. The number of para-hydroxylation sites is 1. The quantitative estimate of drug-likeness (QED) is 0.899. The van der Waals surface area contributed by atoms with Crippen molar-refractivity contribution in [3.63, 3.8) is 0 Å². The number of hydrogen-bond donors (Lipinski definition) is 2. The Kier molecular flexibility index (Phi) is 4.22. The molecule has 0 unspecified atom stereocenters. The number of fused-ring (bicyclic) bond motifs is 1. The molecule has 2 heterocycles. The number of aryl methyl sites for hydroxylation is 1. The van der Waals surface area contributed by atoms with Crippen molar-refractivity contribution in [3.05, 3.63) is 42.0 Å². The van der Waals surface area contributed by atoms with E-state index < -0.39 is 0 Å². The molecule has 0 bridgehead atoms. The number of nitrogens with one attached hydrogen (secondary N) is 2. The summed E-state index contributed by atoms with van der Waals surface area (Å²) in [5.74, 6) is 1.58.